The maximum Gasteiger partial charge on any atom is 0.0809 e. The molecule has 2 atom stereocenters. The van der Waals surface area contributed by atoms with Crippen molar-refractivity contribution in [1.82, 2.24) is 0 Å². The Morgan fingerprint density at radius 3 is 1.52 bits per heavy atom. The van der Waals surface area contributed by atoms with Crippen LogP contribution in [0, 0.1) is 5.92 Å². The van der Waals surface area contributed by atoms with E-state index in [4.69, 9.17) is 9.84 Å². The van der Waals surface area contributed by atoms with Crippen LogP contribution in [0.25, 0.3) is 0 Å². The minimum Gasteiger partial charge on any atom is -0.394 e. The molecule has 150 valence electrons. The van der Waals surface area contributed by atoms with Gasteiger partial charge in [0.05, 0.1) is 12.7 Å². The lowest BCUT2D eigenvalue weighted by Crippen LogP contribution is -2.09. The Labute approximate surface area is 158 Å². The van der Waals surface area contributed by atoms with Gasteiger partial charge in [0.15, 0.2) is 0 Å². The zero-order valence-corrected chi connectivity index (χ0v) is 17.2. The highest BCUT2D eigenvalue weighted by Crippen LogP contribution is 2.24. The maximum atomic E-state index is 9.07. The Balaban J connectivity index is 1.68. The number of hydrogen-bond acceptors (Lipinski definition) is 2. The second-order valence-corrected chi connectivity index (χ2v) is 8.33. The monoisotopic (exact) mass is 354 g/mol. The maximum absolute atomic E-state index is 9.07. The van der Waals surface area contributed by atoms with E-state index in [0.717, 1.165) is 13.0 Å². The number of unbranched alkanes of at least 4 members (excludes halogenated alkanes) is 15. The molecule has 0 radical (unpaired) electrons. The molecule has 2 unspecified atom stereocenters. The first kappa shape index (κ1) is 23.0. The van der Waals surface area contributed by atoms with Crippen LogP contribution in [-0.2, 0) is 4.74 Å². The third-order valence-electron chi connectivity index (χ3n) is 5.83. The largest absolute Gasteiger partial charge is 0.394 e. The van der Waals surface area contributed by atoms with E-state index in [-0.39, 0.29) is 12.7 Å². The van der Waals surface area contributed by atoms with Crippen LogP contribution < -0.4 is 0 Å². The fourth-order valence-electron chi connectivity index (χ4n) is 4.09. The molecule has 25 heavy (non-hydrogen) atoms. The fourth-order valence-corrected chi connectivity index (χ4v) is 4.09. The van der Waals surface area contributed by atoms with Crippen molar-refractivity contribution < 1.29 is 9.84 Å². The highest BCUT2D eigenvalue weighted by atomic mass is 16.5. The van der Waals surface area contributed by atoms with Crippen molar-refractivity contribution in [2.24, 2.45) is 5.92 Å². The number of aliphatic hydroxyl groups excluding tert-OH is 1. The predicted octanol–water partition coefficient (Wildman–Crippen LogP) is 7.04. The van der Waals surface area contributed by atoms with Gasteiger partial charge in [-0.2, -0.15) is 0 Å². The highest BCUT2D eigenvalue weighted by Gasteiger charge is 2.23. The van der Waals surface area contributed by atoms with E-state index in [1.165, 1.54) is 109 Å². The summed E-state index contributed by atoms with van der Waals surface area (Å²) >= 11 is 0. The van der Waals surface area contributed by atoms with Crippen LogP contribution in [0.1, 0.15) is 122 Å². The molecule has 1 heterocycles. The molecule has 1 aliphatic rings. The standard InChI is InChI=1S/C23H46O2/c1-2-3-4-5-6-7-8-9-10-11-12-13-14-15-16-17-18-22-19-23(20-24)25-21-22/h22-24H,2-21H2,1H3. The molecule has 0 aromatic rings. The molecular weight excluding hydrogens is 308 g/mol. The lowest BCUT2D eigenvalue weighted by atomic mass is 9.97. The first-order valence-electron chi connectivity index (χ1n) is 11.6. The van der Waals surface area contributed by atoms with Crippen molar-refractivity contribution in [3.05, 3.63) is 0 Å². The molecule has 0 aromatic heterocycles. The smallest absolute Gasteiger partial charge is 0.0809 e. The van der Waals surface area contributed by atoms with Gasteiger partial charge < -0.3 is 9.84 Å². The van der Waals surface area contributed by atoms with Gasteiger partial charge in [0.1, 0.15) is 0 Å². The van der Waals surface area contributed by atoms with Gasteiger partial charge in [-0.25, -0.2) is 0 Å². The molecule has 1 saturated heterocycles. The zero-order valence-electron chi connectivity index (χ0n) is 17.2. The molecule has 1 aliphatic heterocycles. The van der Waals surface area contributed by atoms with Gasteiger partial charge in [0, 0.05) is 6.61 Å². The van der Waals surface area contributed by atoms with Gasteiger partial charge in [-0.3, -0.25) is 0 Å². The molecule has 0 aromatic carbocycles. The Morgan fingerprint density at radius 2 is 1.12 bits per heavy atom. The molecule has 2 nitrogen and oxygen atoms in total. The van der Waals surface area contributed by atoms with Crippen LogP contribution in [0.5, 0.6) is 0 Å². The fraction of sp³-hybridized carbons (Fsp3) is 1.00. The molecule has 0 bridgehead atoms. The lowest BCUT2D eigenvalue weighted by Gasteiger charge is -2.07. The summed E-state index contributed by atoms with van der Waals surface area (Å²) in [6, 6.07) is 0. The van der Waals surface area contributed by atoms with Crippen molar-refractivity contribution in [1.29, 1.82) is 0 Å². The minimum absolute atomic E-state index is 0.131. The van der Waals surface area contributed by atoms with Crippen LogP contribution in [0.2, 0.25) is 0 Å². The third-order valence-corrected chi connectivity index (χ3v) is 5.83. The van der Waals surface area contributed by atoms with Gasteiger partial charge in [-0.05, 0) is 18.8 Å². The molecular formula is C23H46O2. The molecule has 1 N–H and O–H groups in total. The summed E-state index contributed by atoms with van der Waals surface area (Å²) in [5, 5.41) is 9.07. The van der Waals surface area contributed by atoms with Gasteiger partial charge in [-0.15, -0.1) is 0 Å². The summed E-state index contributed by atoms with van der Waals surface area (Å²) in [6.45, 7) is 3.37. The molecule has 0 amide bonds. The topological polar surface area (TPSA) is 29.5 Å². The van der Waals surface area contributed by atoms with Gasteiger partial charge in [-0.1, -0.05) is 110 Å². The molecule has 2 heteroatoms. The van der Waals surface area contributed by atoms with Gasteiger partial charge in [0.2, 0.25) is 0 Å². The van der Waals surface area contributed by atoms with Crippen LogP contribution >= 0.6 is 0 Å². The molecule has 0 spiro atoms. The highest BCUT2D eigenvalue weighted by molar-refractivity contribution is 4.72. The van der Waals surface area contributed by atoms with E-state index in [2.05, 4.69) is 6.92 Å². The van der Waals surface area contributed by atoms with Crippen molar-refractivity contribution in [3.63, 3.8) is 0 Å². The van der Waals surface area contributed by atoms with Crippen LogP contribution in [0.15, 0.2) is 0 Å². The predicted molar refractivity (Wildman–Crippen MR) is 109 cm³/mol. The quantitative estimate of drug-likeness (QED) is 0.268. The summed E-state index contributed by atoms with van der Waals surface area (Å²) in [7, 11) is 0. The van der Waals surface area contributed by atoms with E-state index < -0.39 is 0 Å². The first-order chi connectivity index (χ1) is 12.4. The Hall–Kier alpha value is -0.0800. The SMILES string of the molecule is CCCCCCCCCCCCCCCCCCC1COC(CO)C1. The summed E-state index contributed by atoms with van der Waals surface area (Å²) in [6.07, 6.45) is 25.5. The Bertz CT molecular complexity index is 267. The van der Waals surface area contributed by atoms with E-state index in [1.807, 2.05) is 0 Å². The van der Waals surface area contributed by atoms with E-state index in [0.29, 0.717) is 5.92 Å². The van der Waals surface area contributed by atoms with Gasteiger partial charge >= 0.3 is 0 Å². The number of hydrogen-bond donors (Lipinski definition) is 1. The average molecular weight is 355 g/mol. The van der Waals surface area contributed by atoms with Crippen molar-refractivity contribution >= 4 is 0 Å². The van der Waals surface area contributed by atoms with Crippen molar-refractivity contribution in [3.8, 4) is 0 Å². The van der Waals surface area contributed by atoms with Crippen LogP contribution in [0.4, 0.5) is 0 Å². The number of rotatable bonds is 18. The lowest BCUT2D eigenvalue weighted by molar-refractivity contribution is 0.0571. The van der Waals surface area contributed by atoms with E-state index >= 15 is 0 Å². The van der Waals surface area contributed by atoms with Crippen molar-refractivity contribution in [2.45, 2.75) is 129 Å². The van der Waals surface area contributed by atoms with Crippen LogP contribution in [-0.4, -0.2) is 24.4 Å². The Morgan fingerprint density at radius 1 is 0.680 bits per heavy atom. The Kier molecular flexibility index (Phi) is 15.9. The summed E-state index contributed by atoms with van der Waals surface area (Å²) in [5.74, 6) is 0.712. The number of ether oxygens (including phenoxy) is 1. The summed E-state index contributed by atoms with van der Waals surface area (Å²) in [4.78, 5) is 0. The molecule has 0 aliphatic carbocycles. The molecule has 1 rings (SSSR count). The second-order valence-electron chi connectivity index (χ2n) is 8.33. The summed E-state index contributed by atoms with van der Waals surface area (Å²) < 4.78 is 5.54. The molecule has 1 fully saturated rings. The average Bonchev–Trinajstić information content (AvgIpc) is 3.09. The zero-order chi connectivity index (χ0) is 18.0. The second kappa shape index (κ2) is 17.3. The van der Waals surface area contributed by atoms with Gasteiger partial charge in [0.25, 0.3) is 0 Å². The van der Waals surface area contributed by atoms with E-state index in [1.54, 1.807) is 0 Å². The minimum atomic E-state index is 0.131. The molecule has 0 saturated carbocycles. The normalized spacial score (nSPS) is 20.4. The first-order valence-corrected chi connectivity index (χ1v) is 11.6. The summed E-state index contributed by atoms with van der Waals surface area (Å²) in [5.41, 5.74) is 0. The van der Waals surface area contributed by atoms with Crippen LogP contribution in [0.3, 0.4) is 0 Å². The number of aliphatic hydroxyl groups is 1. The van der Waals surface area contributed by atoms with Crippen molar-refractivity contribution in [2.75, 3.05) is 13.2 Å². The van der Waals surface area contributed by atoms with E-state index in [9.17, 15) is 0 Å². The third kappa shape index (κ3) is 13.7.